The molecule has 1 heterocycles. The minimum absolute atomic E-state index is 0.0547. The van der Waals surface area contributed by atoms with E-state index in [0.717, 1.165) is 25.4 Å². The molecule has 28 heavy (non-hydrogen) atoms. The van der Waals surface area contributed by atoms with E-state index in [-0.39, 0.29) is 24.8 Å². The van der Waals surface area contributed by atoms with Gasteiger partial charge in [-0.1, -0.05) is 19.4 Å². The molecule has 1 fully saturated rings. The van der Waals surface area contributed by atoms with Gasteiger partial charge in [0.2, 0.25) is 0 Å². The van der Waals surface area contributed by atoms with Gasteiger partial charge in [-0.2, -0.15) is 0 Å². The van der Waals surface area contributed by atoms with Crippen LogP contribution in [0.1, 0.15) is 59.7 Å². The maximum absolute atomic E-state index is 12.4. The molecule has 0 aliphatic carbocycles. The summed E-state index contributed by atoms with van der Waals surface area (Å²) in [6.45, 7) is 5.03. The maximum Gasteiger partial charge on any atom is 0.305 e. The number of rotatable bonds is 10. The first-order valence-corrected chi connectivity index (χ1v) is 10.0. The highest BCUT2D eigenvalue weighted by Crippen LogP contribution is 2.20. The second-order valence-electron chi connectivity index (χ2n) is 7.57. The summed E-state index contributed by atoms with van der Waals surface area (Å²) in [5.41, 5.74) is 0.772. The van der Waals surface area contributed by atoms with Crippen LogP contribution in [0.5, 0.6) is 0 Å². The van der Waals surface area contributed by atoms with Crippen molar-refractivity contribution < 1.29 is 19.5 Å². The molecule has 1 unspecified atom stereocenters. The van der Waals surface area contributed by atoms with E-state index >= 15 is 0 Å². The zero-order valence-corrected chi connectivity index (χ0v) is 16.5. The summed E-state index contributed by atoms with van der Waals surface area (Å²) in [5.74, 6) is -0.361. The Morgan fingerprint density at radius 1 is 1.14 bits per heavy atom. The predicted octanol–water partition coefficient (Wildman–Crippen LogP) is 2.04. The lowest BCUT2D eigenvalue weighted by molar-refractivity contribution is -0.136. The molecule has 1 aromatic carbocycles. The van der Waals surface area contributed by atoms with Gasteiger partial charge >= 0.3 is 5.97 Å². The molecule has 0 bridgehead atoms. The van der Waals surface area contributed by atoms with Gasteiger partial charge in [-0.25, -0.2) is 0 Å². The van der Waals surface area contributed by atoms with Gasteiger partial charge in [0.1, 0.15) is 0 Å². The number of nitrogens with one attached hydrogen (secondary N) is 3. The molecule has 2 amide bonds. The van der Waals surface area contributed by atoms with Crippen LogP contribution in [-0.4, -0.2) is 49.1 Å². The van der Waals surface area contributed by atoms with Crippen molar-refractivity contribution in [3.63, 3.8) is 0 Å². The van der Waals surface area contributed by atoms with Crippen molar-refractivity contribution in [1.82, 2.24) is 16.0 Å². The van der Waals surface area contributed by atoms with Crippen LogP contribution in [-0.2, 0) is 4.79 Å². The molecular weight excluding hydrogens is 358 g/mol. The Morgan fingerprint density at radius 2 is 1.79 bits per heavy atom. The Hall–Kier alpha value is -2.41. The summed E-state index contributed by atoms with van der Waals surface area (Å²) in [6.07, 6.45) is 4.63. The number of hydrogen-bond acceptors (Lipinski definition) is 4. The lowest BCUT2D eigenvalue weighted by Crippen LogP contribution is -2.30. The molecule has 2 rings (SSSR count). The van der Waals surface area contributed by atoms with Crippen molar-refractivity contribution >= 4 is 17.8 Å². The maximum atomic E-state index is 12.4. The Balaban J connectivity index is 1.76. The number of carboxylic acid groups (broad SMARTS) is 1. The summed E-state index contributed by atoms with van der Waals surface area (Å²) < 4.78 is 0. The Kier molecular flexibility index (Phi) is 8.94. The third kappa shape index (κ3) is 7.68. The van der Waals surface area contributed by atoms with Crippen LogP contribution in [0.4, 0.5) is 0 Å². The zero-order chi connectivity index (χ0) is 20.4. The highest BCUT2D eigenvalue weighted by molar-refractivity contribution is 5.99. The molecule has 1 atom stereocenters. The van der Waals surface area contributed by atoms with Crippen molar-refractivity contribution in [3.05, 3.63) is 35.4 Å². The fourth-order valence-electron chi connectivity index (χ4n) is 3.35. The van der Waals surface area contributed by atoms with E-state index in [2.05, 4.69) is 22.9 Å². The molecule has 0 aromatic heterocycles. The summed E-state index contributed by atoms with van der Waals surface area (Å²) in [7, 11) is 0. The largest absolute Gasteiger partial charge is 0.481 e. The van der Waals surface area contributed by atoms with Crippen molar-refractivity contribution in [2.45, 2.75) is 39.0 Å². The second kappa shape index (κ2) is 11.4. The molecular formula is C21H31N3O4. The number of carboxylic acids is 1. The second-order valence-corrected chi connectivity index (χ2v) is 7.57. The van der Waals surface area contributed by atoms with Crippen LogP contribution in [0, 0.1) is 11.8 Å². The van der Waals surface area contributed by atoms with Gasteiger partial charge in [0.05, 0.1) is 6.42 Å². The highest BCUT2D eigenvalue weighted by Gasteiger charge is 2.15. The van der Waals surface area contributed by atoms with Gasteiger partial charge in [0.15, 0.2) is 0 Å². The standard InChI is InChI=1S/C21H31N3O4/c1-15(5-6-16-7-10-22-11-8-16)14-24-21(28)18-4-2-3-17(13-18)20(27)23-12-9-19(25)26/h2-4,13,15-16,22H,5-12,14H2,1H3,(H,23,27)(H,24,28)(H,25,26). The van der Waals surface area contributed by atoms with Crippen molar-refractivity contribution in [2.24, 2.45) is 11.8 Å². The first-order chi connectivity index (χ1) is 13.5. The summed E-state index contributed by atoms with van der Waals surface area (Å²) in [5, 5.41) is 17.5. The normalized spacial score (nSPS) is 15.6. The smallest absolute Gasteiger partial charge is 0.305 e. The average molecular weight is 389 g/mol. The molecule has 7 nitrogen and oxygen atoms in total. The van der Waals surface area contributed by atoms with Crippen LogP contribution >= 0.6 is 0 Å². The number of benzene rings is 1. The summed E-state index contributed by atoms with van der Waals surface area (Å²) in [4.78, 5) is 35.0. The van der Waals surface area contributed by atoms with E-state index in [1.54, 1.807) is 18.2 Å². The van der Waals surface area contributed by atoms with E-state index < -0.39 is 5.97 Å². The van der Waals surface area contributed by atoms with Gasteiger partial charge in [-0.3, -0.25) is 14.4 Å². The first kappa shape index (κ1) is 21.9. The van der Waals surface area contributed by atoms with E-state index in [1.807, 2.05) is 0 Å². The highest BCUT2D eigenvalue weighted by atomic mass is 16.4. The molecule has 0 saturated carbocycles. The predicted molar refractivity (Wildman–Crippen MR) is 107 cm³/mol. The van der Waals surface area contributed by atoms with Crippen LogP contribution in [0.3, 0.4) is 0 Å². The van der Waals surface area contributed by atoms with Gasteiger partial charge < -0.3 is 21.1 Å². The lowest BCUT2D eigenvalue weighted by Gasteiger charge is -2.23. The SMILES string of the molecule is CC(CCC1CCNCC1)CNC(=O)c1cccc(C(=O)NCCC(=O)O)c1. The number of carbonyl (C=O) groups is 3. The zero-order valence-electron chi connectivity index (χ0n) is 16.5. The van der Waals surface area contributed by atoms with Crippen molar-refractivity contribution in [3.8, 4) is 0 Å². The van der Waals surface area contributed by atoms with E-state index in [1.165, 1.54) is 25.3 Å². The summed E-state index contributed by atoms with van der Waals surface area (Å²) >= 11 is 0. The number of aliphatic carboxylic acids is 1. The minimum atomic E-state index is -0.970. The van der Waals surface area contributed by atoms with Gasteiger partial charge in [0.25, 0.3) is 11.8 Å². The third-order valence-electron chi connectivity index (χ3n) is 5.15. The van der Waals surface area contributed by atoms with Gasteiger partial charge in [-0.05, 0) is 62.4 Å². The number of hydrogen-bond donors (Lipinski definition) is 4. The van der Waals surface area contributed by atoms with Crippen LogP contribution < -0.4 is 16.0 Å². The quantitative estimate of drug-likeness (QED) is 0.490. The van der Waals surface area contributed by atoms with Gasteiger partial charge in [-0.15, -0.1) is 0 Å². The van der Waals surface area contributed by atoms with E-state index in [4.69, 9.17) is 5.11 Å². The van der Waals surface area contributed by atoms with Crippen LogP contribution in [0.2, 0.25) is 0 Å². The van der Waals surface area contributed by atoms with Crippen LogP contribution in [0.15, 0.2) is 24.3 Å². The summed E-state index contributed by atoms with van der Waals surface area (Å²) in [6, 6.07) is 6.46. The van der Waals surface area contributed by atoms with E-state index in [9.17, 15) is 14.4 Å². The lowest BCUT2D eigenvalue weighted by atomic mass is 9.90. The fraction of sp³-hybridized carbons (Fsp3) is 0.571. The number of amides is 2. The third-order valence-corrected chi connectivity index (χ3v) is 5.15. The molecule has 1 saturated heterocycles. The fourth-order valence-corrected chi connectivity index (χ4v) is 3.35. The van der Waals surface area contributed by atoms with Gasteiger partial charge in [0, 0.05) is 24.2 Å². The molecule has 1 aromatic rings. The Bertz CT molecular complexity index is 671. The van der Waals surface area contributed by atoms with E-state index in [0.29, 0.717) is 23.6 Å². The molecule has 0 spiro atoms. The van der Waals surface area contributed by atoms with Crippen molar-refractivity contribution in [2.75, 3.05) is 26.2 Å². The Morgan fingerprint density at radius 3 is 2.43 bits per heavy atom. The molecule has 1 aliphatic heterocycles. The minimum Gasteiger partial charge on any atom is -0.481 e. The molecule has 4 N–H and O–H groups in total. The Labute approximate surface area is 166 Å². The first-order valence-electron chi connectivity index (χ1n) is 10.0. The van der Waals surface area contributed by atoms with Crippen LogP contribution in [0.25, 0.3) is 0 Å². The molecule has 0 radical (unpaired) electrons. The van der Waals surface area contributed by atoms with Crippen molar-refractivity contribution in [1.29, 1.82) is 0 Å². The monoisotopic (exact) mass is 389 g/mol. The number of piperidine rings is 1. The number of carbonyl (C=O) groups excluding carboxylic acids is 2. The molecule has 154 valence electrons. The topological polar surface area (TPSA) is 108 Å². The molecule has 1 aliphatic rings. The average Bonchev–Trinajstić information content (AvgIpc) is 2.71. The molecule has 7 heteroatoms.